The van der Waals surface area contributed by atoms with Crippen LogP contribution in [0.2, 0.25) is 0 Å². The van der Waals surface area contributed by atoms with Crippen molar-refractivity contribution in [3.8, 4) is 17.1 Å². The number of methoxy groups -OCH3 is 1. The molecule has 1 N–H and O–H groups in total. The van der Waals surface area contributed by atoms with Crippen molar-refractivity contribution in [3.05, 3.63) is 78.1 Å². The van der Waals surface area contributed by atoms with E-state index in [0.717, 1.165) is 56.0 Å². The zero-order valence-electron chi connectivity index (χ0n) is 17.0. The van der Waals surface area contributed by atoms with Crippen LogP contribution in [-0.2, 0) is 13.0 Å². The third kappa shape index (κ3) is 4.72. The molecule has 0 atom stereocenters. The first-order valence-corrected chi connectivity index (χ1v) is 10.3. The molecule has 0 unspecified atom stereocenters. The lowest BCUT2D eigenvalue weighted by molar-refractivity contribution is 0.0413. The zero-order chi connectivity index (χ0) is 20.1. The number of benzene rings is 2. The van der Waals surface area contributed by atoms with Crippen molar-refractivity contribution < 1.29 is 14.3 Å². The van der Waals surface area contributed by atoms with Crippen molar-refractivity contribution >= 4 is 0 Å². The molecule has 4 nitrogen and oxygen atoms in total. The first kappa shape index (κ1) is 19.7. The summed E-state index contributed by atoms with van der Waals surface area (Å²) in [5.41, 5.74) is 3.65. The van der Waals surface area contributed by atoms with Gasteiger partial charge in [0.15, 0.2) is 0 Å². The second-order valence-electron chi connectivity index (χ2n) is 8.14. The van der Waals surface area contributed by atoms with Gasteiger partial charge in [-0.25, -0.2) is 0 Å². The Morgan fingerprint density at radius 1 is 1.00 bits per heavy atom. The Labute approximate surface area is 172 Å². The minimum absolute atomic E-state index is 0.0267. The monoisotopic (exact) mass is 391 g/mol. The number of aliphatic hydroxyl groups is 1. The molecule has 2 heterocycles. The quantitative estimate of drug-likeness (QED) is 0.630. The van der Waals surface area contributed by atoms with Crippen LogP contribution in [0.3, 0.4) is 0 Å². The van der Waals surface area contributed by atoms with Crippen molar-refractivity contribution in [1.29, 1.82) is 0 Å². The number of ether oxygens (including phenoxy) is 1. The molecular formula is C25H29NO3. The highest BCUT2D eigenvalue weighted by molar-refractivity contribution is 5.58. The predicted octanol–water partition coefficient (Wildman–Crippen LogP) is 4.77. The summed E-state index contributed by atoms with van der Waals surface area (Å²) in [6, 6.07) is 20.7. The molecule has 1 fully saturated rings. The molecule has 1 saturated heterocycles. The molecule has 1 aliphatic heterocycles. The Hall–Kier alpha value is -2.56. The average Bonchev–Trinajstić information content (AvgIpc) is 3.31. The summed E-state index contributed by atoms with van der Waals surface area (Å²) in [5.74, 6) is 1.78. The number of nitrogens with zero attached hydrogens (tertiary/aromatic N) is 1. The Morgan fingerprint density at radius 3 is 2.45 bits per heavy atom. The van der Waals surface area contributed by atoms with Crippen LogP contribution in [0.4, 0.5) is 0 Å². The number of furan rings is 1. The van der Waals surface area contributed by atoms with Gasteiger partial charge in [0.1, 0.15) is 11.5 Å². The summed E-state index contributed by atoms with van der Waals surface area (Å²) in [6.07, 6.45) is 4.64. The Kier molecular flexibility index (Phi) is 6.02. The van der Waals surface area contributed by atoms with E-state index < -0.39 is 0 Å². The number of aliphatic hydroxyl groups excluding tert-OH is 1. The van der Waals surface area contributed by atoms with Gasteiger partial charge in [0, 0.05) is 18.7 Å². The van der Waals surface area contributed by atoms with Crippen LogP contribution in [0.25, 0.3) is 11.3 Å². The number of piperidine rings is 1. The van der Waals surface area contributed by atoms with E-state index in [0.29, 0.717) is 0 Å². The fourth-order valence-electron chi connectivity index (χ4n) is 4.28. The van der Waals surface area contributed by atoms with Crippen LogP contribution in [0, 0.1) is 5.41 Å². The molecule has 4 rings (SSSR count). The van der Waals surface area contributed by atoms with Crippen molar-refractivity contribution in [1.82, 2.24) is 4.90 Å². The molecule has 4 heteroatoms. The molecule has 3 aromatic rings. The van der Waals surface area contributed by atoms with Crippen LogP contribution in [0.1, 0.15) is 24.0 Å². The Morgan fingerprint density at radius 2 is 1.79 bits per heavy atom. The third-order valence-corrected chi connectivity index (χ3v) is 6.13. The molecule has 0 saturated carbocycles. The van der Waals surface area contributed by atoms with Crippen LogP contribution in [-0.4, -0.2) is 36.8 Å². The lowest BCUT2D eigenvalue weighted by Crippen LogP contribution is -2.42. The summed E-state index contributed by atoms with van der Waals surface area (Å²) in [7, 11) is 1.68. The van der Waals surface area contributed by atoms with Crippen molar-refractivity contribution in [2.45, 2.75) is 25.8 Å². The molecule has 0 bridgehead atoms. The van der Waals surface area contributed by atoms with Crippen LogP contribution in [0.5, 0.6) is 5.75 Å². The van der Waals surface area contributed by atoms with Gasteiger partial charge in [-0.15, -0.1) is 0 Å². The number of rotatable bonds is 7. The van der Waals surface area contributed by atoms with Gasteiger partial charge in [0.2, 0.25) is 0 Å². The van der Waals surface area contributed by atoms with E-state index in [-0.39, 0.29) is 12.0 Å². The highest BCUT2D eigenvalue weighted by Gasteiger charge is 2.34. The molecule has 29 heavy (non-hydrogen) atoms. The summed E-state index contributed by atoms with van der Waals surface area (Å²) < 4.78 is 10.8. The highest BCUT2D eigenvalue weighted by atomic mass is 16.5. The van der Waals surface area contributed by atoms with Crippen LogP contribution >= 0.6 is 0 Å². The van der Waals surface area contributed by atoms with Gasteiger partial charge in [-0.3, -0.25) is 4.90 Å². The summed E-state index contributed by atoms with van der Waals surface area (Å²) >= 11 is 0. The number of likely N-dealkylation sites (tertiary alicyclic amines) is 1. The normalized spacial score (nSPS) is 16.6. The molecule has 2 aromatic carbocycles. The summed E-state index contributed by atoms with van der Waals surface area (Å²) in [4.78, 5) is 2.49. The molecule has 0 spiro atoms. The molecule has 1 aromatic heterocycles. The minimum atomic E-state index is -0.0267. The van der Waals surface area contributed by atoms with Crippen LogP contribution < -0.4 is 4.74 Å². The second kappa shape index (κ2) is 8.85. The molecule has 0 amide bonds. The molecule has 0 radical (unpaired) electrons. The Balaban J connectivity index is 1.37. The number of hydrogen-bond acceptors (Lipinski definition) is 4. The van der Waals surface area contributed by atoms with Gasteiger partial charge in [-0.2, -0.15) is 0 Å². The zero-order valence-corrected chi connectivity index (χ0v) is 17.0. The topological polar surface area (TPSA) is 45.8 Å². The average molecular weight is 392 g/mol. The maximum atomic E-state index is 10.2. The van der Waals surface area contributed by atoms with Gasteiger partial charge in [-0.05, 0) is 79.2 Å². The van der Waals surface area contributed by atoms with Gasteiger partial charge >= 0.3 is 0 Å². The van der Waals surface area contributed by atoms with Gasteiger partial charge in [0.25, 0.3) is 0 Å². The maximum absolute atomic E-state index is 10.2. The van der Waals surface area contributed by atoms with E-state index in [9.17, 15) is 5.11 Å². The van der Waals surface area contributed by atoms with E-state index in [2.05, 4.69) is 41.3 Å². The van der Waals surface area contributed by atoms with Crippen molar-refractivity contribution in [2.24, 2.45) is 5.41 Å². The van der Waals surface area contributed by atoms with Gasteiger partial charge in [-0.1, -0.05) is 30.3 Å². The largest absolute Gasteiger partial charge is 0.497 e. The Bertz CT molecular complexity index is 894. The smallest absolute Gasteiger partial charge is 0.133 e. The lowest BCUT2D eigenvalue weighted by Gasteiger charge is -2.41. The van der Waals surface area contributed by atoms with E-state index in [1.165, 1.54) is 11.1 Å². The van der Waals surface area contributed by atoms with E-state index in [4.69, 9.17) is 9.15 Å². The van der Waals surface area contributed by atoms with Gasteiger partial charge in [0.05, 0.1) is 13.4 Å². The fraction of sp³-hybridized carbons (Fsp3) is 0.360. The molecule has 1 aliphatic rings. The lowest BCUT2D eigenvalue weighted by atomic mass is 9.74. The molecule has 152 valence electrons. The summed E-state index contributed by atoms with van der Waals surface area (Å²) in [6.45, 7) is 3.17. The standard InChI is InChI=1S/C25H29NO3/c1-28-23-9-7-20(8-10-23)17-25(19-27)11-13-26(14-12-25)18-21-4-2-5-22(16-21)24-6-3-15-29-24/h2-10,15-16,27H,11-14,17-19H2,1H3. The second-order valence-corrected chi connectivity index (χ2v) is 8.14. The number of hydrogen-bond donors (Lipinski definition) is 1. The molecular weight excluding hydrogens is 362 g/mol. The van der Waals surface area contributed by atoms with E-state index in [1.54, 1.807) is 13.4 Å². The minimum Gasteiger partial charge on any atom is -0.497 e. The first-order valence-electron chi connectivity index (χ1n) is 10.3. The van der Waals surface area contributed by atoms with E-state index in [1.807, 2.05) is 24.3 Å². The van der Waals surface area contributed by atoms with Crippen LogP contribution in [0.15, 0.2) is 71.3 Å². The predicted molar refractivity (Wildman–Crippen MR) is 115 cm³/mol. The van der Waals surface area contributed by atoms with E-state index >= 15 is 0 Å². The van der Waals surface area contributed by atoms with Crippen molar-refractivity contribution in [3.63, 3.8) is 0 Å². The highest BCUT2D eigenvalue weighted by Crippen LogP contribution is 2.35. The SMILES string of the molecule is COc1ccc(CC2(CO)CCN(Cc3cccc(-c4ccco4)c3)CC2)cc1. The third-order valence-electron chi connectivity index (χ3n) is 6.13. The maximum Gasteiger partial charge on any atom is 0.133 e. The first-order chi connectivity index (χ1) is 14.2. The molecule has 0 aliphatic carbocycles. The fourth-order valence-corrected chi connectivity index (χ4v) is 4.28. The summed E-state index contributed by atoms with van der Waals surface area (Å²) in [5, 5.41) is 10.2. The van der Waals surface area contributed by atoms with Crippen molar-refractivity contribution in [2.75, 3.05) is 26.8 Å². The van der Waals surface area contributed by atoms with Gasteiger partial charge < -0.3 is 14.3 Å².